The Hall–Kier alpha value is -2.44. The topological polar surface area (TPSA) is 67.4 Å². The minimum atomic E-state index is -6.26. The van der Waals surface area contributed by atoms with Gasteiger partial charge < -0.3 is 10.1 Å². The summed E-state index contributed by atoms with van der Waals surface area (Å²) in [6.07, 6.45) is -13.8. The molecule has 0 aromatic heterocycles. The molecule has 0 heterocycles. The summed E-state index contributed by atoms with van der Waals surface area (Å²) in [5.41, 5.74) is -7.16. The van der Waals surface area contributed by atoms with Gasteiger partial charge in [-0.25, -0.2) is 9.18 Å². The van der Waals surface area contributed by atoms with Crippen LogP contribution in [0.4, 0.5) is 46.9 Å². The highest BCUT2D eigenvalue weighted by Gasteiger charge is 2.73. The number of rotatable bonds is 6. The van der Waals surface area contributed by atoms with Gasteiger partial charge in [0.1, 0.15) is 6.61 Å². The number of alkyl halides is 10. The molecular formula is C22H18Cl3F7N2O3. The lowest BCUT2D eigenvalue weighted by Crippen LogP contribution is -2.50. The molecule has 2 rings (SSSR count). The highest BCUT2D eigenvalue weighted by atomic mass is 35.6. The van der Waals surface area contributed by atoms with E-state index in [0.29, 0.717) is 17.7 Å². The second kappa shape index (κ2) is 11.1. The normalized spacial score (nSPS) is 12.8. The predicted molar refractivity (Wildman–Crippen MR) is 125 cm³/mol. The lowest BCUT2D eigenvalue weighted by molar-refractivity contribution is -0.348. The van der Waals surface area contributed by atoms with Crippen molar-refractivity contribution in [1.82, 2.24) is 0 Å². The molecule has 0 radical (unpaired) electrons. The van der Waals surface area contributed by atoms with Gasteiger partial charge in [-0.3, -0.25) is 10.1 Å². The van der Waals surface area contributed by atoms with Crippen LogP contribution in [0.1, 0.15) is 22.3 Å². The third kappa shape index (κ3) is 7.78. The third-order valence-electron chi connectivity index (χ3n) is 4.88. The molecule has 37 heavy (non-hydrogen) atoms. The Balaban J connectivity index is 2.19. The second-order valence-electron chi connectivity index (χ2n) is 7.88. The number of anilines is 2. The Morgan fingerprint density at radius 2 is 1.41 bits per heavy atom. The van der Waals surface area contributed by atoms with Crippen molar-refractivity contribution in [2.24, 2.45) is 0 Å². The lowest BCUT2D eigenvalue weighted by Gasteiger charge is -2.31. The van der Waals surface area contributed by atoms with E-state index < -0.39 is 46.0 Å². The van der Waals surface area contributed by atoms with Crippen LogP contribution in [0.3, 0.4) is 0 Å². The Bertz CT molecular complexity index is 1130. The Labute approximate surface area is 221 Å². The molecule has 0 aliphatic carbocycles. The fourth-order valence-corrected chi connectivity index (χ4v) is 3.44. The standard InChI is InChI=1S/C22H18Cl3F7N2O3/c1-11-6-14(20(26,21(27,28)29)22(30,31)32)7-12(2)17(11)34-16(35)9-13-4-3-5-15(8-13)33-18(36)37-10-19(23,24)25/h3-8H,9-10H2,1-2H3,(H,33,36)(H,34,35). The van der Waals surface area contributed by atoms with Crippen molar-refractivity contribution in [3.63, 3.8) is 0 Å². The molecule has 0 unspecified atom stereocenters. The van der Waals surface area contributed by atoms with Crippen LogP contribution in [0.15, 0.2) is 36.4 Å². The number of benzene rings is 2. The number of carbonyl (C=O) groups is 2. The van der Waals surface area contributed by atoms with E-state index in [1.54, 1.807) is 0 Å². The summed E-state index contributed by atoms with van der Waals surface area (Å²) in [5, 5.41) is 4.75. The molecule has 2 aromatic rings. The van der Waals surface area contributed by atoms with Crippen LogP contribution >= 0.6 is 34.8 Å². The van der Waals surface area contributed by atoms with Crippen molar-refractivity contribution in [2.45, 2.75) is 42.1 Å². The first-order valence-corrected chi connectivity index (χ1v) is 11.2. The van der Waals surface area contributed by atoms with Crippen molar-refractivity contribution < 1.29 is 45.1 Å². The zero-order valence-electron chi connectivity index (χ0n) is 18.9. The molecule has 15 heteroatoms. The number of hydrogen-bond donors (Lipinski definition) is 2. The average molecular weight is 598 g/mol. The maximum atomic E-state index is 14.4. The van der Waals surface area contributed by atoms with E-state index in [4.69, 9.17) is 39.5 Å². The van der Waals surface area contributed by atoms with Gasteiger partial charge in [0.25, 0.3) is 0 Å². The number of ether oxygens (including phenoxy) is 1. The van der Waals surface area contributed by atoms with E-state index in [2.05, 4.69) is 10.6 Å². The summed E-state index contributed by atoms with van der Waals surface area (Å²) in [7, 11) is 0. The number of nitrogens with one attached hydrogen (secondary N) is 2. The first-order valence-electron chi connectivity index (χ1n) is 10.1. The van der Waals surface area contributed by atoms with Gasteiger partial charge in [-0.15, -0.1) is 0 Å². The van der Waals surface area contributed by atoms with E-state index >= 15 is 0 Å². The molecule has 0 spiro atoms. The van der Waals surface area contributed by atoms with Gasteiger partial charge in [0.15, 0.2) is 0 Å². The molecule has 2 aromatic carbocycles. The molecule has 0 saturated carbocycles. The summed E-state index contributed by atoms with van der Waals surface area (Å²) in [6.45, 7) is 1.73. The van der Waals surface area contributed by atoms with Gasteiger partial charge in [-0.2, -0.15) is 26.3 Å². The molecule has 0 fully saturated rings. The Morgan fingerprint density at radius 1 is 0.865 bits per heavy atom. The first kappa shape index (κ1) is 30.8. The number of amides is 2. The minimum absolute atomic E-state index is 0.0787. The molecular weight excluding hydrogens is 580 g/mol. The smallest absolute Gasteiger partial charge is 0.435 e. The van der Waals surface area contributed by atoms with Crippen LogP contribution in [0.2, 0.25) is 0 Å². The van der Waals surface area contributed by atoms with E-state index in [-0.39, 0.29) is 28.9 Å². The molecule has 0 bridgehead atoms. The molecule has 0 aliphatic rings. The van der Waals surface area contributed by atoms with E-state index in [9.17, 15) is 40.3 Å². The van der Waals surface area contributed by atoms with Gasteiger partial charge in [0.05, 0.1) is 6.42 Å². The van der Waals surface area contributed by atoms with Gasteiger partial charge >= 0.3 is 24.1 Å². The van der Waals surface area contributed by atoms with Crippen molar-refractivity contribution in [3.8, 4) is 0 Å². The highest BCUT2D eigenvalue weighted by molar-refractivity contribution is 6.67. The largest absolute Gasteiger partial charge is 0.445 e. The number of aryl methyl sites for hydroxylation is 2. The Morgan fingerprint density at radius 3 is 1.89 bits per heavy atom. The quantitative estimate of drug-likeness (QED) is 0.265. The maximum Gasteiger partial charge on any atom is 0.435 e. The molecule has 5 nitrogen and oxygen atoms in total. The van der Waals surface area contributed by atoms with Crippen LogP contribution in [0, 0.1) is 13.8 Å². The summed E-state index contributed by atoms with van der Waals surface area (Å²) < 4.78 is 95.9. The molecule has 0 atom stereocenters. The van der Waals surface area contributed by atoms with Crippen molar-refractivity contribution in [3.05, 3.63) is 58.7 Å². The fraction of sp³-hybridized carbons (Fsp3) is 0.364. The average Bonchev–Trinajstić information content (AvgIpc) is 2.72. The van der Waals surface area contributed by atoms with E-state index in [0.717, 1.165) is 13.8 Å². The molecule has 2 amide bonds. The maximum absolute atomic E-state index is 14.4. The van der Waals surface area contributed by atoms with Gasteiger partial charge in [0, 0.05) is 16.9 Å². The van der Waals surface area contributed by atoms with E-state index in [1.807, 2.05) is 0 Å². The van der Waals surface area contributed by atoms with Crippen molar-refractivity contribution in [1.29, 1.82) is 0 Å². The van der Waals surface area contributed by atoms with Crippen LogP contribution < -0.4 is 10.6 Å². The first-order chi connectivity index (χ1) is 16.7. The predicted octanol–water partition coefficient (Wildman–Crippen LogP) is 7.69. The van der Waals surface area contributed by atoms with Crippen molar-refractivity contribution >= 4 is 58.2 Å². The van der Waals surface area contributed by atoms with Crippen molar-refractivity contribution in [2.75, 3.05) is 17.2 Å². The van der Waals surface area contributed by atoms with Gasteiger partial charge in [0.2, 0.25) is 9.70 Å². The van der Waals surface area contributed by atoms with Gasteiger partial charge in [-0.1, -0.05) is 59.1 Å². The molecule has 0 saturated heterocycles. The lowest BCUT2D eigenvalue weighted by atomic mass is 9.90. The second-order valence-corrected chi connectivity index (χ2v) is 10.4. The van der Waals surface area contributed by atoms with Crippen LogP contribution in [-0.4, -0.2) is 34.8 Å². The summed E-state index contributed by atoms with van der Waals surface area (Å²) in [4.78, 5) is 24.3. The molecule has 2 N–H and O–H groups in total. The zero-order valence-corrected chi connectivity index (χ0v) is 21.2. The summed E-state index contributed by atoms with van der Waals surface area (Å²) in [6, 6.07) is 6.66. The van der Waals surface area contributed by atoms with E-state index in [1.165, 1.54) is 24.3 Å². The number of hydrogen-bond acceptors (Lipinski definition) is 3. The third-order valence-corrected chi connectivity index (χ3v) is 5.21. The highest BCUT2D eigenvalue weighted by Crippen LogP contribution is 2.53. The van der Waals surface area contributed by atoms with Crippen LogP contribution in [-0.2, 0) is 21.6 Å². The number of halogens is 10. The van der Waals surface area contributed by atoms with Gasteiger partial charge in [-0.05, 0) is 42.7 Å². The fourth-order valence-electron chi connectivity index (χ4n) is 3.28. The number of carbonyl (C=O) groups excluding carboxylic acids is 2. The molecule has 204 valence electrons. The zero-order chi connectivity index (χ0) is 28.4. The molecule has 0 aliphatic heterocycles. The van der Waals surface area contributed by atoms with Crippen LogP contribution in [0.25, 0.3) is 0 Å². The minimum Gasteiger partial charge on any atom is -0.445 e. The SMILES string of the molecule is Cc1cc(C(F)(C(F)(F)F)C(F)(F)F)cc(C)c1NC(=O)Cc1cccc(NC(=O)OCC(Cl)(Cl)Cl)c1. The van der Waals surface area contributed by atoms with Crippen LogP contribution in [0.5, 0.6) is 0 Å². The summed E-state index contributed by atoms with van der Waals surface area (Å²) >= 11 is 16.5. The monoisotopic (exact) mass is 596 g/mol. The Kier molecular flexibility index (Phi) is 9.25. The summed E-state index contributed by atoms with van der Waals surface area (Å²) in [5.74, 6) is -0.687.